The molecule has 4 nitrogen and oxygen atoms in total. The fraction of sp³-hybridized carbons (Fsp3) is 0.556. The minimum atomic E-state index is -0.592. The van der Waals surface area contributed by atoms with E-state index in [0.717, 1.165) is 42.4 Å². The van der Waals surface area contributed by atoms with Gasteiger partial charge in [0.2, 0.25) is 0 Å². The second-order valence-electron chi connectivity index (χ2n) is 6.82. The summed E-state index contributed by atoms with van der Waals surface area (Å²) in [7, 11) is 0. The minimum absolute atomic E-state index is 0.0150. The Morgan fingerprint density at radius 1 is 1.23 bits per heavy atom. The summed E-state index contributed by atoms with van der Waals surface area (Å²) >= 11 is 0. The second kappa shape index (κ2) is 4.83. The number of allylic oxidation sites excluding steroid dienone is 1. The second-order valence-corrected chi connectivity index (χ2v) is 6.82. The summed E-state index contributed by atoms with van der Waals surface area (Å²) in [6.07, 6.45) is 7.89. The van der Waals surface area contributed by atoms with Crippen LogP contribution in [0, 0.1) is 11.3 Å². The average molecular weight is 300 g/mol. The number of ketones is 1. The maximum atomic E-state index is 12.8. The SMILES string of the molecule is C[C@@H]1CC(=O)C2=C(CCCC2)[C@@]12C[C@@H](c1ccoc1)OC2=O. The number of carbonyl (C=O) groups is 2. The van der Waals surface area contributed by atoms with Crippen molar-refractivity contribution in [2.45, 2.75) is 51.6 Å². The van der Waals surface area contributed by atoms with Crippen LogP contribution in [0.4, 0.5) is 0 Å². The highest BCUT2D eigenvalue weighted by molar-refractivity contribution is 6.01. The maximum absolute atomic E-state index is 12.8. The van der Waals surface area contributed by atoms with Gasteiger partial charge < -0.3 is 9.15 Å². The Labute approximate surface area is 129 Å². The van der Waals surface area contributed by atoms with Crippen molar-refractivity contribution < 1.29 is 18.7 Å². The Bertz CT molecular complexity index is 655. The number of fused-ring (bicyclic) bond motifs is 1. The van der Waals surface area contributed by atoms with Gasteiger partial charge in [-0.05, 0) is 48.8 Å². The molecule has 1 aromatic rings. The van der Waals surface area contributed by atoms with Gasteiger partial charge >= 0.3 is 5.97 Å². The molecule has 0 bridgehead atoms. The number of cyclic esters (lactones) is 1. The third kappa shape index (κ3) is 1.76. The van der Waals surface area contributed by atoms with Gasteiger partial charge in [0, 0.05) is 18.4 Å². The topological polar surface area (TPSA) is 56.5 Å². The van der Waals surface area contributed by atoms with Crippen molar-refractivity contribution in [1.29, 1.82) is 0 Å². The quantitative estimate of drug-likeness (QED) is 0.741. The maximum Gasteiger partial charge on any atom is 0.317 e. The highest BCUT2D eigenvalue weighted by Gasteiger charge is 2.58. The number of rotatable bonds is 1. The van der Waals surface area contributed by atoms with E-state index >= 15 is 0 Å². The highest BCUT2D eigenvalue weighted by Crippen LogP contribution is 2.57. The van der Waals surface area contributed by atoms with Gasteiger partial charge in [0.25, 0.3) is 0 Å². The van der Waals surface area contributed by atoms with E-state index in [0.29, 0.717) is 12.8 Å². The molecule has 4 heteroatoms. The molecule has 0 unspecified atom stereocenters. The molecule has 116 valence electrons. The molecule has 1 aromatic heterocycles. The van der Waals surface area contributed by atoms with Gasteiger partial charge in [-0.2, -0.15) is 0 Å². The zero-order valence-electron chi connectivity index (χ0n) is 12.8. The Kier molecular flexibility index (Phi) is 3.03. The van der Waals surface area contributed by atoms with E-state index in [-0.39, 0.29) is 23.8 Å². The summed E-state index contributed by atoms with van der Waals surface area (Å²) in [6.45, 7) is 2.02. The molecule has 2 heterocycles. The number of ether oxygens (including phenoxy) is 1. The van der Waals surface area contributed by atoms with Crippen LogP contribution < -0.4 is 0 Å². The van der Waals surface area contributed by atoms with Gasteiger partial charge in [-0.25, -0.2) is 0 Å². The molecule has 1 aliphatic heterocycles. The monoisotopic (exact) mass is 300 g/mol. The highest BCUT2D eigenvalue weighted by atomic mass is 16.6. The van der Waals surface area contributed by atoms with E-state index in [9.17, 15) is 9.59 Å². The molecule has 4 rings (SSSR count). The largest absolute Gasteiger partial charge is 0.472 e. The standard InChI is InChI=1S/C18H20O4/c1-11-8-15(19)13-4-2-3-5-14(13)18(11)9-16(22-17(18)20)12-6-7-21-10-12/h6-7,10-11,16H,2-5,8-9H2,1H3/t11-,16+,18-/m1/s1. The predicted octanol–water partition coefficient (Wildman–Crippen LogP) is 3.73. The molecular formula is C18H20O4. The van der Waals surface area contributed by atoms with Crippen molar-refractivity contribution in [3.63, 3.8) is 0 Å². The average Bonchev–Trinajstić information content (AvgIpc) is 3.14. The van der Waals surface area contributed by atoms with E-state index in [1.54, 1.807) is 12.5 Å². The van der Waals surface area contributed by atoms with Crippen molar-refractivity contribution in [2.75, 3.05) is 0 Å². The van der Waals surface area contributed by atoms with Gasteiger partial charge in [-0.3, -0.25) is 9.59 Å². The van der Waals surface area contributed by atoms with Gasteiger partial charge in [0.15, 0.2) is 5.78 Å². The van der Waals surface area contributed by atoms with E-state index in [2.05, 4.69) is 0 Å². The first-order chi connectivity index (χ1) is 10.6. The van der Waals surface area contributed by atoms with Crippen LogP contribution >= 0.6 is 0 Å². The fourth-order valence-corrected chi connectivity index (χ4v) is 4.52. The van der Waals surface area contributed by atoms with E-state index in [1.165, 1.54) is 0 Å². The molecule has 0 amide bonds. The van der Waals surface area contributed by atoms with Crippen LogP contribution in [0.3, 0.4) is 0 Å². The van der Waals surface area contributed by atoms with Crippen molar-refractivity contribution in [1.82, 2.24) is 0 Å². The normalized spacial score (nSPS) is 35.0. The molecular weight excluding hydrogens is 280 g/mol. The molecule has 0 saturated carbocycles. The minimum Gasteiger partial charge on any atom is -0.472 e. The molecule has 22 heavy (non-hydrogen) atoms. The van der Waals surface area contributed by atoms with Gasteiger partial charge in [0.1, 0.15) is 6.10 Å². The van der Waals surface area contributed by atoms with E-state index in [1.807, 2.05) is 13.0 Å². The van der Waals surface area contributed by atoms with Crippen LogP contribution in [-0.2, 0) is 14.3 Å². The van der Waals surface area contributed by atoms with Crippen LogP contribution in [0.25, 0.3) is 0 Å². The van der Waals surface area contributed by atoms with Crippen LogP contribution in [0.1, 0.15) is 57.1 Å². The van der Waals surface area contributed by atoms with Crippen molar-refractivity contribution in [2.24, 2.45) is 11.3 Å². The van der Waals surface area contributed by atoms with Gasteiger partial charge in [0.05, 0.1) is 17.9 Å². The molecule has 3 aliphatic rings. The molecule has 0 aromatic carbocycles. The first-order valence-corrected chi connectivity index (χ1v) is 8.12. The van der Waals surface area contributed by atoms with Crippen molar-refractivity contribution in [3.8, 4) is 0 Å². The van der Waals surface area contributed by atoms with Crippen LogP contribution in [0.15, 0.2) is 34.2 Å². The first-order valence-electron chi connectivity index (χ1n) is 8.12. The molecule has 0 N–H and O–H groups in total. The van der Waals surface area contributed by atoms with Crippen molar-refractivity contribution in [3.05, 3.63) is 35.3 Å². The lowest BCUT2D eigenvalue weighted by molar-refractivity contribution is -0.150. The number of esters is 1. The van der Waals surface area contributed by atoms with E-state index in [4.69, 9.17) is 9.15 Å². The first kappa shape index (κ1) is 13.8. The van der Waals surface area contributed by atoms with Crippen molar-refractivity contribution >= 4 is 11.8 Å². The summed E-state index contributed by atoms with van der Waals surface area (Å²) in [6, 6.07) is 1.85. The fourth-order valence-electron chi connectivity index (χ4n) is 4.52. The molecule has 1 fully saturated rings. The number of carbonyl (C=O) groups excluding carboxylic acids is 2. The van der Waals surface area contributed by atoms with Crippen LogP contribution in [0.5, 0.6) is 0 Å². The smallest absolute Gasteiger partial charge is 0.317 e. The summed E-state index contributed by atoms with van der Waals surface area (Å²) < 4.78 is 10.8. The molecule has 3 atom stereocenters. The molecule has 0 radical (unpaired) electrons. The lowest BCUT2D eigenvalue weighted by atomic mass is 9.59. The molecule has 1 saturated heterocycles. The Morgan fingerprint density at radius 3 is 2.82 bits per heavy atom. The van der Waals surface area contributed by atoms with Crippen LogP contribution in [-0.4, -0.2) is 11.8 Å². The molecule has 1 spiro atoms. The lowest BCUT2D eigenvalue weighted by Gasteiger charge is -2.41. The number of furan rings is 1. The van der Waals surface area contributed by atoms with Gasteiger partial charge in [-0.15, -0.1) is 0 Å². The number of Topliss-reactive ketones (excluding diaryl/α,β-unsaturated/α-hetero) is 1. The summed E-state index contributed by atoms with van der Waals surface area (Å²) in [5.74, 6) is 0.113. The Hall–Kier alpha value is -1.84. The molecule has 2 aliphatic carbocycles. The summed E-state index contributed by atoms with van der Waals surface area (Å²) in [4.78, 5) is 25.2. The van der Waals surface area contributed by atoms with E-state index < -0.39 is 5.41 Å². The zero-order chi connectivity index (χ0) is 15.3. The third-order valence-electron chi connectivity index (χ3n) is 5.71. The van der Waals surface area contributed by atoms with Crippen LogP contribution in [0.2, 0.25) is 0 Å². The number of hydrogen-bond donors (Lipinski definition) is 0. The third-order valence-corrected chi connectivity index (χ3v) is 5.71. The summed E-state index contributed by atoms with van der Waals surface area (Å²) in [5, 5.41) is 0. The lowest BCUT2D eigenvalue weighted by Crippen LogP contribution is -2.42. The summed E-state index contributed by atoms with van der Waals surface area (Å²) in [5.41, 5.74) is 2.32. The Balaban J connectivity index is 1.79. The zero-order valence-corrected chi connectivity index (χ0v) is 12.8. The number of hydrogen-bond acceptors (Lipinski definition) is 4. The predicted molar refractivity (Wildman–Crippen MR) is 78.9 cm³/mol. The Morgan fingerprint density at radius 2 is 2.05 bits per heavy atom. The van der Waals surface area contributed by atoms with Gasteiger partial charge in [-0.1, -0.05) is 6.92 Å².